The van der Waals surface area contributed by atoms with Crippen molar-refractivity contribution in [1.82, 2.24) is 0 Å². The van der Waals surface area contributed by atoms with Gasteiger partial charge in [0.15, 0.2) is 0 Å². The molecule has 11 heavy (non-hydrogen) atoms. The Bertz CT molecular complexity index is 124. The van der Waals surface area contributed by atoms with Gasteiger partial charge in [-0.15, -0.1) is 0 Å². The first-order valence-electron chi connectivity index (χ1n) is 2.51. The second-order valence-corrected chi connectivity index (χ2v) is 1.60. The fourth-order valence-corrected chi connectivity index (χ4v) is 0.430. The van der Waals surface area contributed by atoms with Crippen LogP contribution in [0.25, 0.3) is 0 Å². The first-order valence-corrected chi connectivity index (χ1v) is 2.51. The molecule has 0 aromatic carbocycles. The van der Waals surface area contributed by atoms with Crippen LogP contribution in [0, 0.1) is 5.92 Å². The molecule has 0 aliphatic rings. The minimum atomic E-state index is -1.59. The fraction of sp³-hybridized carbons (Fsp3) is 0.600. The molecule has 0 atom stereocenters. The van der Waals surface area contributed by atoms with Crippen LogP contribution < -0.4 is 80.5 Å². The van der Waals surface area contributed by atoms with Crippen LogP contribution in [0.5, 0.6) is 0 Å². The third-order valence-corrected chi connectivity index (χ3v) is 0.977. The maximum Gasteiger partial charge on any atom is 1.00 e. The number of hydrogen-bond acceptors (Lipinski definition) is 4. The molecule has 0 aliphatic carbocycles. The van der Waals surface area contributed by atoms with Gasteiger partial charge < -0.3 is 19.8 Å². The second kappa shape index (κ2) is 9.26. The Balaban J connectivity index is -0.000000320. The van der Waals surface area contributed by atoms with Crippen molar-refractivity contribution in [2.75, 3.05) is 0 Å². The third-order valence-electron chi connectivity index (χ3n) is 0.977. The van der Waals surface area contributed by atoms with Gasteiger partial charge in [-0.3, -0.25) is 0 Å². The van der Waals surface area contributed by atoms with Gasteiger partial charge in [0.1, 0.15) is 0 Å². The smallest absolute Gasteiger partial charge is 0.549 e. The van der Waals surface area contributed by atoms with E-state index in [1.54, 1.807) is 0 Å². The van der Waals surface area contributed by atoms with E-state index in [0.717, 1.165) is 0 Å². The number of carbonyl (C=O) groups excluding carboxylic acids is 2. The molecule has 0 aromatic rings. The molecule has 0 saturated heterocycles. The van der Waals surface area contributed by atoms with Crippen molar-refractivity contribution in [2.45, 2.75) is 13.3 Å². The Morgan fingerprint density at radius 2 is 1.55 bits per heavy atom. The van der Waals surface area contributed by atoms with E-state index in [-0.39, 0.29) is 76.7 Å². The van der Waals surface area contributed by atoms with E-state index in [2.05, 4.69) is 0 Å². The molecule has 52 valence electrons. The van der Waals surface area contributed by atoms with Crippen LogP contribution in [0.2, 0.25) is 0 Å². The second-order valence-electron chi connectivity index (χ2n) is 1.60. The molecule has 6 heteroatoms. The van der Waals surface area contributed by atoms with E-state index < -0.39 is 17.9 Å². The summed E-state index contributed by atoms with van der Waals surface area (Å²) >= 11 is 0. The van der Waals surface area contributed by atoms with E-state index in [4.69, 9.17) is 0 Å². The average molecular weight is 176 g/mol. The number of carboxylic acids is 2. The van der Waals surface area contributed by atoms with E-state index in [0.29, 0.717) is 0 Å². The summed E-state index contributed by atoms with van der Waals surface area (Å²) < 4.78 is 0. The molecule has 0 aromatic heterocycles. The minimum Gasteiger partial charge on any atom is -0.549 e. The molecule has 0 aliphatic heterocycles. The van der Waals surface area contributed by atoms with Crippen LogP contribution >= 0.6 is 0 Å². The van der Waals surface area contributed by atoms with E-state index in [1.807, 2.05) is 0 Å². The van der Waals surface area contributed by atoms with Crippen molar-refractivity contribution in [1.29, 1.82) is 0 Å². The van der Waals surface area contributed by atoms with Gasteiger partial charge in [-0.2, -0.15) is 0 Å². The first-order chi connectivity index (χ1) is 4.09. The largest absolute Gasteiger partial charge is 1.00 e. The molecule has 0 amide bonds. The van der Waals surface area contributed by atoms with Crippen molar-refractivity contribution in [2.24, 2.45) is 5.92 Å². The molecular formula is C5H6KLiO4. The fourth-order valence-electron chi connectivity index (χ4n) is 0.430. The van der Waals surface area contributed by atoms with Gasteiger partial charge in [-0.1, -0.05) is 6.92 Å². The van der Waals surface area contributed by atoms with Crippen molar-refractivity contribution in [3.05, 3.63) is 0 Å². The van der Waals surface area contributed by atoms with Crippen LogP contribution in [0.15, 0.2) is 0 Å². The Morgan fingerprint density at radius 1 is 1.27 bits per heavy atom. The van der Waals surface area contributed by atoms with Gasteiger partial charge in [0.05, 0.1) is 11.9 Å². The molecule has 0 rings (SSSR count). The van der Waals surface area contributed by atoms with Gasteiger partial charge in [-0.05, 0) is 6.42 Å². The number of carbonyl (C=O) groups is 2. The van der Waals surface area contributed by atoms with Crippen molar-refractivity contribution in [3.63, 3.8) is 0 Å². The number of aliphatic carboxylic acids is 2. The van der Waals surface area contributed by atoms with Gasteiger partial charge in [-0.25, -0.2) is 0 Å². The molecule has 0 saturated carbocycles. The SMILES string of the molecule is CCC(C(=O)[O-])C(=O)[O-].[K+].[Li+]. The predicted octanol–water partition coefficient (Wildman–Crippen LogP) is -8.48. The monoisotopic (exact) mass is 176 g/mol. The zero-order chi connectivity index (χ0) is 7.44. The number of rotatable bonds is 3. The van der Waals surface area contributed by atoms with Gasteiger partial charge in [0.2, 0.25) is 0 Å². The standard InChI is InChI=1S/C5H8O4.K.Li/c1-2-3(4(6)7)5(8)9;;/h3H,2H2,1H3,(H,6,7)(H,8,9);;/q;2*+1/p-2. The summed E-state index contributed by atoms with van der Waals surface area (Å²) in [4.78, 5) is 19.7. The molecule has 0 N–H and O–H groups in total. The van der Waals surface area contributed by atoms with Crippen LogP contribution in [-0.4, -0.2) is 11.9 Å². The molecular weight excluding hydrogens is 170 g/mol. The molecule has 0 fully saturated rings. The quantitative estimate of drug-likeness (QED) is 0.316. The first kappa shape index (κ1) is 18.1. The molecule has 4 nitrogen and oxygen atoms in total. The van der Waals surface area contributed by atoms with E-state index >= 15 is 0 Å². The maximum atomic E-state index is 9.84. The summed E-state index contributed by atoms with van der Waals surface area (Å²) in [6.45, 7) is 1.44. The summed E-state index contributed by atoms with van der Waals surface area (Å²) in [5, 5.41) is 19.7. The molecule has 0 bridgehead atoms. The summed E-state index contributed by atoms with van der Waals surface area (Å²) in [5.74, 6) is -4.64. The summed E-state index contributed by atoms with van der Waals surface area (Å²) in [7, 11) is 0. The zero-order valence-electron chi connectivity index (χ0n) is 6.92. The van der Waals surface area contributed by atoms with Crippen molar-refractivity contribution in [3.8, 4) is 0 Å². The topological polar surface area (TPSA) is 80.3 Å². The summed E-state index contributed by atoms with van der Waals surface area (Å²) in [6.07, 6.45) is 0.00463. The van der Waals surface area contributed by atoms with Gasteiger partial charge in [0.25, 0.3) is 0 Å². The van der Waals surface area contributed by atoms with Crippen LogP contribution in [0.4, 0.5) is 0 Å². The molecule has 0 spiro atoms. The van der Waals surface area contributed by atoms with Crippen LogP contribution in [0.3, 0.4) is 0 Å². The molecule has 0 heterocycles. The zero-order valence-corrected chi connectivity index (χ0v) is 10.0. The van der Waals surface area contributed by atoms with Crippen molar-refractivity contribution < 1.29 is 90.0 Å². The Labute approximate surface area is 119 Å². The minimum absolute atomic E-state index is 0. The van der Waals surface area contributed by atoms with Crippen LogP contribution in [0.1, 0.15) is 13.3 Å². The number of hydrogen-bond donors (Lipinski definition) is 0. The normalized spacial score (nSPS) is 7.82. The average Bonchev–Trinajstić information content (AvgIpc) is 1.64. The predicted molar refractivity (Wildman–Crippen MR) is 23.8 cm³/mol. The van der Waals surface area contributed by atoms with E-state index in [9.17, 15) is 19.8 Å². The summed E-state index contributed by atoms with van der Waals surface area (Å²) in [6, 6.07) is 0. The van der Waals surface area contributed by atoms with Gasteiger partial charge >= 0.3 is 70.2 Å². The Kier molecular flexibility index (Phi) is 15.2. The van der Waals surface area contributed by atoms with E-state index in [1.165, 1.54) is 6.92 Å². The Morgan fingerprint density at radius 3 is 1.55 bits per heavy atom. The molecule has 0 radical (unpaired) electrons. The molecule has 0 unspecified atom stereocenters. The maximum absolute atomic E-state index is 9.84. The number of carboxylic acid groups (broad SMARTS) is 2. The van der Waals surface area contributed by atoms with Gasteiger partial charge in [0, 0.05) is 5.92 Å². The van der Waals surface area contributed by atoms with Crippen molar-refractivity contribution >= 4 is 11.9 Å². The Hall–Kier alpha value is 1.17. The van der Waals surface area contributed by atoms with Crippen LogP contribution in [-0.2, 0) is 9.59 Å². The summed E-state index contributed by atoms with van der Waals surface area (Å²) in [5.41, 5.74) is 0. The third kappa shape index (κ3) is 7.53.